The Bertz CT molecular complexity index is 271. The highest BCUT2D eigenvalue weighted by molar-refractivity contribution is 6.80. The third kappa shape index (κ3) is 1.62. The first-order valence-corrected chi connectivity index (χ1v) is 3.09. The molecule has 11 heavy (non-hydrogen) atoms. The Labute approximate surface area is 67.0 Å². The molecule has 1 rings (SSSR count). The second-order valence-corrected chi connectivity index (χ2v) is 2.24. The summed E-state index contributed by atoms with van der Waals surface area (Å²) in [4.78, 5) is 27.9. The number of amides is 2. The molecule has 0 bridgehead atoms. The van der Waals surface area contributed by atoms with Gasteiger partial charge in [0.2, 0.25) is 6.04 Å². The molecule has 1 unspecified atom stereocenters. The predicted octanol–water partition coefficient (Wildman–Crippen LogP) is -0.911. The highest BCUT2D eigenvalue weighted by atomic mass is 35.5. The van der Waals surface area contributed by atoms with Gasteiger partial charge in [-0.3, -0.25) is 9.59 Å². The van der Waals surface area contributed by atoms with Crippen LogP contribution in [0.25, 0.3) is 0 Å². The smallest absolute Gasteiger partial charge is 0.280 e. The standard InChI is InChI=1S/C5H4ClN3O2/c6-2-1-8-5(11)3(9-2)4(7)10/h1,3H,(H2,7,10). The molecule has 2 amide bonds. The second-order valence-electron chi connectivity index (χ2n) is 1.85. The normalized spacial score (nSPS) is 23.2. The van der Waals surface area contributed by atoms with Gasteiger partial charge >= 0.3 is 0 Å². The zero-order valence-electron chi connectivity index (χ0n) is 5.32. The van der Waals surface area contributed by atoms with E-state index in [4.69, 9.17) is 17.3 Å². The topological polar surface area (TPSA) is 84.9 Å². The van der Waals surface area contributed by atoms with Crippen LogP contribution in [0.4, 0.5) is 0 Å². The molecule has 1 heterocycles. The molecular weight excluding hydrogens is 170 g/mol. The van der Waals surface area contributed by atoms with Crippen LogP contribution in [0.1, 0.15) is 0 Å². The zero-order chi connectivity index (χ0) is 8.43. The first-order chi connectivity index (χ1) is 5.11. The number of carbonyl (C=O) groups excluding carboxylic acids is 2. The second kappa shape index (κ2) is 2.79. The number of hydrogen-bond acceptors (Lipinski definition) is 3. The number of primary amides is 1. The number of halogens is 1. The van der Waals surface area contributed by atoms with E-state index in [0.29, 0.717) is 0 Å². The molecule has 0 saturated heterocycles. The van der Waals surface area contributed by atoms with Gasteiger partial charge in [0.25, 0.3) is 11.8 Å². The van der Waals surface area contributed by atoms with E-state index in [1.165, 1.54) is 0 Å². The van der Waals surface area contributed by atoms with Gasteiger partial charge in [-0.15, -0.1) is 0 Å². The van der Waals surface area contributed by atoms with Crippen molar-refractivity contribution < 1.29 is 9.59 Å². The maximum absolute atomic E-state index is 10.7. The van der Waals surface area contributed by atoms with Crippen LogP contribution < -0.4 is 5.73 Å². The van der Waals surface area contributed by atoms with Crippen molar-refractivity contribution in [3.8, 4) is 0 Å². The van der Waals surface area contributed by atoms with Crippen molar-refractivity contribution in [2.75, 3.05) is 0 Å². The fourth-order valence-corrected chi connectivity index (χ4v) is 0.731. The number of aliphatic imine (C=N–C) groups is 2. The molecule has 0 fully saturated rings. The molecule has 5 nitrogen and oxygen atoms in total. The van der Waals surface area contributed by atoms with Crippen molar-refractivity contribution in [2.45, 2.75) is 6.04 Å². The van der Waals surface area contributed by atoms with Crippen molar-refractivity contribution in [2.24, 2.45) is 15.7 Å². The van der Waals surface area contributed by atoms with Crippen molar-refractivity contribution >= 4 is 34.8 Å². The molecule has 0 aliphatic carbocycles. The van der Waals surface area contributed by atoms with Crippen molar-refractivity contribution in [1.82, 2.24) is 0 Å². The zero-order valence-corrected chi connectivity index (χ0v) is 6.08. The highest BCUT2D eigenvalue weighted by Gasteiger charge is 2.25. The Balaban J connectivity index is 2.90. The monoisotopic (exact) mass is 173 g/mol. The Morgan fingerprint density at radius 2 is 2.36 bits per heavy atom. The fourth-order valence-electron chi connectivity index (χ4n) is 0.585. The largest absolute Gasteiger partial charge is 0.367 e. The van der Waals surface area contributed by atoms with Gasteiger partial charge in [-0.25, -0.2) is 9.98 Å². The maximum atomic E-state index is 10.7. The van der Waals surface area contributed by atoms with Crippen LogP contribution in [-0.4, -0.2) is 29.2 Å². The molecule has 0 saturated carbocycles. The molecule has 0 aromatic heterocycles. The summed E-state index contributed by atoms with van der Waals surface area (Å²) in [6.07, 6.45) is 1.07. The molecule has 2 N–H and O–H groups in total. The fraction of sp³-hybridized carbons (Fsp3) is 0.200. The number of hydrogen-bond donors (Lipinski definition) is 1. The lowest BCUT2D eigenvalue weighted by Gasteiger charge is -2.06. The van der Waals surface area contributed by atoms with Gasteiger partial charge in [-0.1, -0.05) is 11.6 Å². The van der Waals surface area contributed by atoms with E-state index < -0.39 is 17.9 Å². The Hall–Kier alpha value is -1.23. The summed E-state index contributed by atoms with van der Waals surface area (Å²) in [6.45, 7) is 0. The van der Waals surface area contributed by atoms with Crippen molar-refractivity contribution in [3.05, 3.63) is 0 Å². The first kappa shape index (κ1) is 7.87. The molecule has 1 aliphatic rings. The van der Waals surface area contributed by atoms with Gasteiger partial charge in [0.05, 0.1) is 6.21 Å². The van der Waals surface area contributed by atoms with E-state index in [9.17, 15) is 9.59 Å². The lowest BCUT2D eigenvalue weighted by Crippen LogP contribution is -2.36. The van der Waals surface area contributed by atoms with Crippen LogP contribution in [0.2, 0.25) is 0 Å². The minimum Gasteiger partial charge on any atom is -0.367 e. The summed E-state index contributed by atoms with van der Waals surface area (Å²) in [5, 5.41) is 0.00778. The quantitative estimate of drug-likeness (QED) is 0.521. The van der Waals surface area contributed by atoms with E-state index in [1.807, 2.05) is 0 Å². The molecular formula is C5H4ClN3O2. The van der Waals surface area contributed by atoms with Gasteiger partial charge < -0.3 is 5.73 Å². The van der Waals surface area contributed by atoms with E-state index in [0.717, 1.165) is 6.21 Å². The molecule has 1 aliphatic heterocycles. The molecule has 0 spiro atoms. The molecule has 58 valence electrons. The molecule has 6 heteroatoms. The average Bonchev–Trinajstić information content (AvgIpc) is 1.94. The molecule has 1 atom stereocenters. The van der Waals surface area contributed by atoms with Crippen LogP contribution in [-0.2, 0) is 9.59 Å². The summed E-state index contributed by atoms with van der Waals surface area (Å²) in [6, 6.07) is -1.24. The van der Waals surface area contributed by atoms with E-state index in [-0.39, 0.29) is 5.17 Å². The van der Waals surface area contributed by atoms with E-state index in [1.54, 1.807) is 0 Å². The summed E-state index contributed by atoms with van der Waals surface area (Å²) >= 11 is 5.36. The van der Waals surface area contributed by atoms with Gasteiger partial charge in [0, 0.05) is 0 Å². The van der Waals surface area contributed by atoms with Crippen LogP contribution in [0.3, 0.4) is 0 Å². The maximum Gasteiger partial charge on any atom is 0.280 e. The first-order valence-electron chi connectivity index (χ1n) is 2.72. The molecule has 0 radical (unpaired) electrons. The van der Waals surface area contributed by atoms with E-state index >= 15 is 0 Å². The van der Waals surface area contributed by atoms with Crippen LogP contribution >= 0.6 is 11.6 Å². The van der Waals surface area contributed by atoms with Gasteiger partial charge in [-0.2, -0.15) is 0 Å². The average molecular weight is 174 g/mol. The van der Waals surface area contributed by atoms with Crippen molar-refractivity contribution in [1.29, 1.82) is 0 Å². The summed E-state index contributed by atoms with van der Waals surface area (Å²) < 4.78 is 0. The Kier molecular flexibility index (Phi) is 2.00. The van der Waals surface area contributed by atoms with Crippen LogP contribution in [0.5, 0.6) is 0 Å². The lowest BCUT2D eigenvalue weighted by molar-refractivity contribution is -0.127. The van der Waals surface area contributed by atoms with Crippen LogP contribution in [0.15, 0.2) is 9.98 Å². The van der Waals surface area contributed by atoms with Gasteiger partial charge in [-0.05, 0) is 0 Å². The number of nitrogens with two attached hydrogens (primary N) is 1. The van der Waals surface area contributed by atoms with Crippen LogP contribution in [0, 0.1) is 0 Å². The minimum absolute atomic E-state index is 0.00778. The number of carbonyl (C=O) groups is 2. The SMILES string of the molecule is NC(=O)C1N=C(Cl)C=NC1=O. The predicted molar refractivity (Wildman–Crippen MR) is 39.8 cm³/mol. The van der Waals surface area contributed by atoms with Crippen molar-refractivity contribution in [3.63, 3.8) is 0 Å². The third-order valence-electron chi connectivity index (χ3n) is 1.05. The van der Waals surface area contributed by atoms with Gasteiger partial charge in [0.15, 0.2) is 0 Å². The molecule has 0 aromatic rings. The molecule has 0 aromatic carbocycles. The summed E-state index contributed by atoms with van der Waals surface area (Å²) in [7, 11) is 0. The summed E-state index contributed by atoms with van der Waals surface area (Å²) in [5.41, 5.74) is 4.82. The minimum atomic E-state index is -1.24. The lowest BCUT2D eigenvalue weighted by atomic mass is 10.2. The third-order valence-corrected chi connectivity index (χ3v) is 1.25. The number of nitrogens with zero attached hydrogens (tertiary/aromatic N) is 2. The Morgan fingerprint density at radius 1 is 1.73 bits per heavy atom. The summed E-state index contributed by atoms with van der Waals surface area (Å²) in [5.74, 6) is -1.52. The van der Waals surface area contributed by atoms with Gasteiger partial charge in [0.1, 0.15) is 5.17 Å². The van der Waals surface area contributed by atoms with E-state index in [2.05, 4.69) is 9.98 Å². The number of rotatable bonds is 1. The highest BCUT2D eigenvalue weighted by Crippen LogP contribution is 2.01. The Morgan fingerprint density at radius 3 is 2.82 bits per heavy atom.